The zero-order valence-corrected chi connectivity index (χ0v) is 11.3. The highest BCUT2D eigenvalue weighted by atomic mass is 32.2. The van der Waals surface area contributed by atoms with E-state index >= 15 is 0 Å². The van der Waals surface area contributed by atoms with E-state index < -0.39 is 17.7 Å². The van der Waals surface area contributed by atoms with E-state index in [0.717, 1.165) is 16.5 Å². The molecule has 1 unspecified atom stereocenters. The van der Waals surface area contributed by atoms with Gasteiger partial charge in [-0.25, -0.2) is 8.78 Å². The maximum atomic E-state index is 13.1. The Labute approximate surface area is 115 Å². The molecule has 1 atom stereocenters. The summed E-state index contributed by atoms with van der Waals surface area (Å²) in [6.45, 7) is 1.91. The van der Waals surface area contributed by atoms with Gasteiger partial charge in [-0.3, -0.25) is 0 Å². The molecule has 0 amide bonds. The van der Waals surface area contributed by atoms with Gasteiger partial charge in [0, 0.05) is 9.79 Å². The molecule has 19 heavy (non-hydrogen) atoms. The highest BCUT2D eigenvalue weighted by molar-refractivity contribution is 7.99. The molecule has 0 fully saturated rings. The van der Waals surface area contributed by atoms with E-state index in [9.17, 15) is 13.9 Å². The minimum Gasteiger partial charge on any atom is -0.388 e. The van der Waals surface area contributed by atoms with Crippen LogP contribution in [0.5, 0.6) is 0 Å². The summed E-state index contributed by atoms with van der Waals surface area (Å²) in [4.78, 5) is 1.56. The van der Waals surface area contributed by atoms with Gasteiger partial charge in [0.15, 0.2) is 11.6 Å². The van der Waals surface area contributed by atoms with Crippen LogP contribution >= 0.6 is 11.8 Å². The molecule has 0 heterocycles. The molecule has 2 aromatic rings. The Kier molecular flexibility index (Phi) is 4.56. The van der Waals surface area contributed by atoms with E-state index in [2.05, 4.69) is 0 Å². The van der Waals surface area contributed by atoms with Gasteiger partial charge in [-0.2, -0.15) is 0 Å². The summed E-state index contributed by atoms with van der Waals surface area (Å²) in [5, 5.41) is 9.68. The van der Waals surface area contributed by atoms with Gasteiger partial charge in [0.05, 0.1) is 6.10 Å². The summed E-state index contributed by atoms with van der Waals surface area (Å²) in [7, 11) is 0. The third-order valence-corrected chi connectivity index (χ3v) is 3.78. The third-order valence-electron chi connectivity index (χ3n) is 2.78. The first-order chi connectivity index (χ1) is 9.10. The average molecular weight is 280 g/mol. The van der Waals surface area contributed by atoms with Gasteiger partial charge in [0.1, 0.15) is 0 Å². The molecule has 1 nitrogen and oxygen atoms in total. The number of benzene rings is 2. The predicted octanol–water partition coefficient (Wildman–Crippen LogP) is 4.56. The standard InChI is InChI=1S/C15H14F2OS/c1-2-15(18)10-3-5-11(6-4-10)19-12-7-8-13(16)14(17)9-12/h3-9,15,18H,2H2,1H3. The molecule has 0 spiro atoms. The summed E-state index contributed by atoms with van der Waals surface area (Å²) in [5.74, 6) is -1.69. The number of hydrogen-bond acceptors (Lipinski definition) is 2. The SMILES string of the molecule is CCC(O)c1ccc(Sc2ccc(F)c(F)c2)cc1. The van der Waals surface area contributed by atoms with Gasteiger partial charge >= 0.3 is 0 Å². The summed E-state index contributed by atoms with van der Waals surface area (Å²) < 4.78 is 25.9. The molecule has 2 rings (SSSR count). The molecule has 2 aromatic carbocycles. The molecule has 1 N–H and O–H groups in total. The van der Waals surface area contributed by atoms with Crippen molar-refractivity contribution in [3.05, 3.63) is 59.7 Å². The Hall–Kier alpha value is -1.39. The van der Waals surface area contributed by atoms with Gasteiger partial charge in [0.2, 0.25) is 0 Å². The van der Waals surface area contributed by atoms with Crippen LogP contribution in [0.15, 0.2) is 52.3 Å². The van der Waals surface area contributed by atoms with Gasteiger partial charge in [0.25, 0.3) is 0 Å². The summed E-state index contributed by atoms with van der Waals surface area (Å²) in [6.07, 6.45) is 0.206. The zero-order valence-electron chi connectivity index (χ0n) is 10.4. The fourth-order valence-corrected chi connectivity index (χ4v) is 2.51. The van der Waals surface area contributed by atoms with Crippen molar-refractivity contribution < 1.29 is 13.9 Å². The van der Waals surface area contributed by atoms with Crippen LogP contribution in [0.2, 0.25) is 0 Å². The first-order valence-corrected chi connectivity index (χ1v) is 6.82. The fraction of sp³-hybridized carbons (Fsp3) is 0.200. The molecule has 0 aromatic heterocycles. The van der Waals surface area contributed by atoms with E-state index in [4.69, 9.17) is 0 Å². The Morgan fingerprint density at radius 1 is 1.00 bits per heavy atom. The Balaban J connectivity index is 2.12. The van der Waals surface area contributed by atoms with Crippen molar-refractivity contribution in [2.75, 3.05) is 0 Å². The molecule has 0 bridgehead atoms. The highest BCUT2D eigenvalue weighted by Crippen LogP contribution is 2.29. The maximum Gasteiger partial charge on any atom is 0.159 e. The Morgan fingerprint density at radius 2 is 1.63 bits per heavy atom. The number of aliphatic hydroxyl groups excluding tert-OH is 1. The molecular formula is C15H14F2OS. The molecule has 100 valence electrons. The smallest absolute Gasteiger partial charge is 0.159 e. The van der Waals surface area contributed by atoms with Crippen LogP contribution in [0.4, 0.5) is 8.78 Å². The minimum absolute atomic E-state index is 0.456. The van der Waals surface area contributed by atoms with E-state index in [1.165, 1.54) is 23.9 Å². The lowest BCUT2D eigenvalue weighted by Gasteiger charge is -2.09. The van der Waals surface area contributed by atoms with Crippen molar-refractivity contribution in [1.29, 1.82) is 0 Å². The summed E-state index contributed by atoms with van der Waals surface area (Å²) in [5.41, 5.74) is 0.858. The van der Waals surface area contributed by atoms with Crippen molar-refractivity contribution in [1.82, 2.24) is 0 Å². The number of aliphatic hydroxyl groups is 1. The number of rotatable bonds is 4. The summed E-state index contributed by atoms with van der Waals surface area (Å²) >= 11 is 1.35. The largest absolute Gasteiger partial charge is 0.388 e. The van der Waals surface area contributed by atoms with Crippen LogP contribution in [0.3, 0.4) is 0 Å². The average Bonchev–Trinajstić information content (AvgIpc) is 2.43. The first-order valence-electron chi connectivity index (χ1n) is 6.01. The molecule has 0 aliphatic rings. The van der Waals surface area contributed by atoms with Crippen LogP contribution in [-0.2, 0) is 0 Å². The van der Waals surface area contributed by atoms with E-state index in [1.807, 2.05) is 31.2 Å². The maximum absolute atomic E-state index is 13.1. The van der Waals surface area contributed by atoms with Crippen molar-refractivity contribution in [2.24, 2.45) is 0 Å². The summed E-state index contributed by atoms with van der Waals surface area (Å²) in [6, 6.07) is 11.2. The second-order valence-electron chi connectivity index (χ2n) is 4.17. The normalized spacial score (nSPS) is 12.4. The van der Waals surface area contributed by atoms with E-state index in [1.54, 1.807) is 0 Å². The molecular weight excluding hydrogens is 266 g/mol. The molecule has 0 saturated heterocycles. The number of halogens is 2. The third kappa shape index (κ3) is 3.55. The topological polar surface area (TPSA) is 20.2 Å². The second-order valence-corrected chi connectivity index (χ2v) is 5.32. The van der Waals surface area contributed by atoms with Crippen LogP contribution in [-0.4, -0.2) is 5.11 Å². The van der Waals surface area contributed by atoms with Crippen LogP contribution in [0.1, 0.15) is 25.0 Å². The monoisotopic (exact) mass is 280 g/mol. The predicted molar refractivity (Wildman–Crippen MR) is 72.2 cm³/mol. The van der Waals surface area contributed by atoms with Gasteiger partial charge in [-0.05, 0) is 42.3 Å². The quantitative estimate of drug-likeness (QED) is 0.886. The van der Waals surface area contributed by atoms with Crippen molar-refractivity contribution >= 4 is 11.8 Å². The van der Waals surface area contributed by atoms with Crippen LogP contribution in [0.25, 0.3) is 0 Å². The van der Waals surface area contributed by atoms with Crippen molar-refractivity contribution in [2.45, 2.75) is 29.2 Å². The van der Waals surface area contributed by atoms with Crippen molar-refractivity contribution in [3.8, 4) is 0 Å². The van der Waals surface area contributed by atoms with Crippen LogP contribution < -0.4 is 0 Å². The second kappa shape index (κ2) is 6.17. The molecule has 0 aliphatic carbocycles. The lowest BCUT2D eigenvalue weighted by atomic mass is 10.1. The van der Waals surface area contributed by atoms with Gasteiger partial charge in [-0.15, -0.1) is 0 Å². The van der Waals surface area contributed by atoms with E-state index in [-0.39, 0.29) is 0 Å². The number of hydrogen-bond donors (Lipinski definition) is 1. The zero-order chi connectivity index (χ0) is 13.8. The van der Waals surface area contributed by atoms with Crippen LogP contribution in [0, 0.1) is 11.6 Å². The molecule has 0 radical (unpaired) electrons. The molecule has 0 saturated carbocycles. The first kappa shape index (κ1) is 14.0. The highest BCUT2D eigenvalue weighted by Gasteiger charge is 2.06. The van der Waals surface area contributed by atoms with Crippen molar-refractivity contribution in [3.63, 3.8) is 0 Å². The fourth-order valence-electron chi connectivity index (χ4n) is 1.67. The lowest BCUT2D eigenvalue weighted by Crippen LogP contribution is -1.94. The minimum atomic E-state index is -0.844. The van der Waals surface area contributed by atoms with E-state index in [0.29, 0.717) is 11.3 Å². The van der Waals surface area contributed by atoms with Gasteiger partial charge in [-0.1, -0.05) is 30.8 Å². The Morgan fingerprint density at radius 3 is 2.21 bits per heavy atom. The molecule has 0 aliphatic heterocycles. The Bertz CT molecular complexity index is 555. The van der Waals surface area contributed by atoms with Gasteiger partial charge < -0.3 is 5.11 Å². The lowest BCUT2D eigenvalue weighted by molar-refractivity contribution is 0.173. The molecule has 4 heteroatoms.